The number of hydrogen-bond acceptors (Lipinski definition) is 2. The number of fused-ring (bicyclic) bond motifs is 3. The van der Waals surface area contributed by atoms with Crippen molar-refractivity contribution in [3.05, 3.63) is 35.0 Å². The van der Waals surface area contributed by atoms with Crippen LogP contribution in [0.1, 0.15) is 20.3 Å². The Bertz CT molecular complexity index is 634. The molecule has 1 aliphatic heterocycles. The first-order chi connectivity index (χ1) is 7.16. The molecule has 0 fully saturated rings. The Balaban J connectivity index is 2.52. The standard InChI is InChI=1S/C13H13NO/c1-13(2)7-5-9-3-4-11-10(6-8-15-11)12(9)14-13/h3-6,8H,7H2,1-2H3. The van der Waals surface area contributed by atoms with Crippen LogP contribution in [-0.4, -0.2) is 5.54 Å². The Hall–Kier alpha value is -1.57. The molecule has 1 aromatic heterocycles. The molecule has 0 atom stereocenters. The largest absolute Gasteiger partial charge is 0.464 e. The van der Waals surface area contributed by atoms with E-state index in [1.807, 2.05) is 12.1 Å². The van der Waals surface area contributed by atoms with Crippen molar-refractivity contribution in [3.63, 3.8) is 0 Å². The number of furan rings is 1. The van der Waals surface area contributed by atoms with Gasteiger partial charge >= 0.3 is 0 Å². The molecule has 0 spiro atoms. The highest BCUT2D eigenvalue weighted by Gasteiger charge is 2.17. The van der Waals surface area contributed by atoms with Crippen molar-refractivity contribution in [1.82, 2.24) is 0 Å². The van der Waals surface area contributed by atoms with Crippen LogP contribution in [-0.2, 0) is 0 Å². The maximum absolute atomic E-state index is 5.38. The predicted octanol–water partition coefficient (Wildman–Crippen LogP) is 2.02. The summed E-state index contributed by atoms with van der Waals surface area (Å²) in [5.41, 5.74) is 0.932. The van der Waals surface area contributed by atoms with E-state index in [9.17, 15) is 0 Å². The molecule has 15 heavy (non-hydrogen) atoms. The van der Waals surface area contributed by atoms with E-state index in [0.29, 0.717) is 0 Å². The van der Waals surface area contributed by atoms with Crippen LogP contribution in [0, 0.1) is 0 Å². The average molecular weight is 199 g/mol. The molecule has 0 N–H and O–H groups in total. The first-order valence-corrected chi connectivity index (χ1v) is 5.22. The van der Waals surface area contributed by atoms with E-state index in [2.05, 4.69) is 26.0 Å². The smallest absolute Gasteiger partial charge is 0.136 e. The lowest BCUT2D eigenvalue weighted by Crippen LogP contribution is -2.35. The molecule has 2 heteroatoms. The van der Waals surface area contributed by atoms with Crippen molar-refractivity contribution in [2.45, 2.75) is 25.8 Å². The quantitative estimate of drug-likeness (QED) is 0.637. The molecule has 0 radical (unpaired) electrons. The van der Waals surface area contributed by atoms with Gasteiger partial charge in [-0.05, 0) is 43.7 Å². The Labute approximate surface area is 87.9 Å². The summed E-state index contributed by atoms with van der Waals surface area (Å²) in [6, 6.07) is 6.09. The lowest BCUT2D eigenvalue weighted by molar-refractivity contribution is 0.521. The van der Waals surface area contributed by atoms with Crippen LogP contribution in [0.25, 0.3) is 17.0 Å². The van der Waals surface area contributed by atoms with Gasteiger partial charge in [-0.25, -0.2) is 0 Å². The Morgan fingerprint density at radius 1 is 1.27 bits per heavy atom. The molecule has 0 amide bonds. The average Bonchev–Trinajstić information content (AvgIpc) is 2.64. The summed E-state index contributed by atoms with van der Waals surface area (Å²) in [5, 5.41) is 3.43. The minimum absolute atomic E-state index is 0.0125. The minimum atomic E-state index is 0.0125. The highest BCUT2D eigenvalue weighted by Crippen LogP contribution is 2.17. The number of benzene rings is 1. The van der Waals surface area contributed by atoms with Crippen molar-refractivity contribution < 1.29 is 4.42 Å². The number of rotatable bonds is 0. The fourth-order valence-corrected chi connectivity index (χ4v) is 2.04. The SMILES string of the molecule is CC1(C)CC=c2ccc3occc3c2=N1. The third kappa shape index (κ3) is 1.29. The lowest BCUT2D eigenvalue weighted by atomic mass is 9.97. The van der Waals surface area contributed by atoms with Crippen LogP contribution in [0.3, 0.4) is 0 Å². The fourth-order valence-electron chi connectivity index (χ4n) is 2.04. The minimum Gasteiger partial charge on any atom is -0.464 e. The fraction of sp³-hybridized carbons (Fsp3) is 0.308. The molecule has 2 heterocycles. The van der Waals surface area contributed by atoms with Gasteiger partial charge in [-0.2, -0.15) is 0 Å². The zero-order valence-corrected chi connectivity index (χ0v) is 8.95. The van der Waals surface area contributed by atoms with Crippen LogP contribution >= 0.6 is 0 Å². The second-order valence-electron chi connectivity index (χ2n) is 4.67. The summed E-state index contributed by atoms with van der Waals surface area (Å²) in [4.78, 5) is 4.79. The topological polar surface area (TPSA) is 25.5 Å². The second-order valence-corrected chi connectivity index (χ2v) is 4.67. The van der Waals surface area contributed by atoms with Gasteiger partial charge < -0.3 is 4.42 Å². The van der Waals surface area contributed by atoms with E-state index < -0.39 is 0 Å². The van der Waals surface area contributed by atoms with E-state index in [4.69, 9.17) is 9.41 Å². The van der Waals surface area contributed by atoms with Gasteiger partial charge in [0, 0.05) is 5.39 Å². The molecule has 0 bridgehead atoms. The first-order valence-electron chi connectivity index (χ1n) is 5.22. The van der Waals surface area contributed by atoms with Crippen LogP contribution in [0.4, 0.5) is 0 Å². The van der Waals surface area contributed by atoms with Crippen molar-refractivity contribution in [2.24, 2.45) is 4.99 Å². The predicted molar refractivity (Wildman–Crippen MR) is 60.2 cm³/mol. The molecule has 2 nitrogen and oxygen atoms in total. The Morgan fingerprint density at radius 3 is 3.00 bits per heavy atom. The molecule has 2 aromatic rings. The summed E-state index contributed by atoms with van der Waals surface area (Å²) in [7, 11) is 0. The van der Waals surface area contributed by atoms with Crippen LogP contribution < -0.4 is 10.6 Å². The van der Waals surface area contributed by atoms with E-state index in [1.165, 1.54) is 5.22 Å². The van der Waals surface area contributed by atoms with Gasteiger partial charge in [0.05, 0.1) is 17.2 Å². The second kappa shape index (κ2) is 2.72. The van der Waals surface area contributed by atoms with Crippen LogP contribution in [0.15, 0.2) is 33.9 Å². The van der Waals surface area contributed by atoms with Crippen LogP contribution in [0.2, 0.25) is 0 Å². The maximum atomic E-state index is 5.38. The van der Waals surface area contributed by atoms with E-state index in [-0.39, 0.29) is 5.54 Å². The highest BCUT2D eigenvalue weighted by atomic mass is 16.3. The summed E-state index contributed by atoms with van der Waals surface area (Å²) in [5.74, 6) is 0. The summed E-state index contributed by atoms with van der Waals surface area (Å²) >= 11 is 0. The molecule has 76 valence electrons. The molecule has 1 aliphatic rings. The van der Waals surface area contributed by atoms with Crippen molar-refractivity contribution in [1.29, 1.82) is 0 Å². The van der Waals surface area contributed by atoms with Crippen molar-refractivity contribution >= 4 is 17.0 Å². The normalized spacial score (nSPS) is 18.0. The van der Waals surface area contributed by atoms with Gasteiger partial charge in [0.25, 0.3) is 0 Å². The van der Waals surface area contributed by atoms with E-state index in [0.717, 1.165) is 22.7 Å². The Kier molecular flexibility index (Phi) is 1.58. The third-order valence-corrected chi connectivity index (χ3v) is 2.87. The highest BCUT2D eigenvalue weighted by molar-refractivity contribution is 5.76. The van der Waals surface area contributed by atoms with Crippen molar-refractivity contribution in [2.75, 3.05) is 0 Å². The van der Waals surface area contributed by atoms with Gasteiger partial charge in [-0.3, -0.25) is 4.99 Å². The van der Waals surface area contributed by atoms with Gasteiger partial charge in [-0.1, -0.05) is 6.08 Å². The third-order valence-electron chi connectivity index (χ3n) is 2.87. The molecule has 0 aliphatic carbocycles. The zero-order chi connectivity index (χ0) is 10.5. The molecular formula is C13H13NO. The summed E-state index contributed by atoms with van der Waals surface area (Å²) in [6.45, 7) is 4.32. The van der Waals surface area contributed by atoms with Gasteiger partial charge in [0.2, 0.25) is 0 Å². The molecule has 0 saturated carbocycles. The Morgan fingerprint density at radius 2 is 2.13 bits per heavy atom. The lowest BCUT2D eigenvalue weighted by Gasteiger charge is -2.20. The number of nitrogens with zero attached hydrogens (tertiary/aromatic N) is 1. The summed E-state index contributed by atoms with van der Waals surface area (Å²) < 4.78 is 5.38. The van der Waals surface area contributed by atoms with E-state index >= 15 is 0 Å². The number of hydrogen-bond donors (Lipinski definition) is 0. The van der Waals surface area contributed by atoms with Gasteiger partial charge in [-0.15, -0.1) is 0 Å². The first kappa shape index (κ1) is 8.72. The summed E-state index contributed by atoms with van der Waals surface area (Å²) in [6.07, 6.45) is 4.99. The van der Waals surface area contributed by atoms with E-state index in [1.54, 1.807) is 6.26 Å². The van der Waals surface area contributed by atoms with Crippen molar-refractivity contribution in [3.8, 4) is 0 Å². The maximum Gasteiger partial charge on any atom is 0.136 e. The molecule has 0 saturated heterocycles. The molecule has 0 unspecified atom stereocenters. The molecule has 1 aromatic carbocycles. The van der Waals surface area contributed by atoms with Gasteiger partial charge in [0.15, 0.2) is 0 Å². The molecule has 3 rings (SSSR count). The van der Waals surface area contributed by atoms with Gasteiger partial charge in [0.1, 0.15) is 5.58 Å². The monoisotopic (exact) mass is 199 g/mol. The molecular weight excluding hydrogens is 186 g/mol. The van der Waals surface area contributed by atoms with Crippen LogP contribution in [0.5, 0.6) is 0 Å². The zero-order valence-electron chi connectivity index (χ0n) is 8.95.